The minimum atomic E-state index is -1.03. The van der Waals surface area contributed by atoms with Crippen LogP contribution in [0.4, 0.5) is 4.79 Å². The number of aliphatic carboxylic acids is 1. The van der Waals surface area contributed by atoms with Crippen molar-refractivity contribution in [2.45, 2.75) is 13.0 Å². The summed E-state index contributed by atoms with van der Waals surface area (Å²) < 4.78 is 0. The maximum Gasteiger partial charge on any atom is 0.325 e. The average Bonchev–Trinajstić information content (AvgIpc) is 2.13. The molecule has 0 fully saturated rings. The second kappa shape index (κ2) is 6.53. The standard InChI is InChI=1S/C8H16N2O3S/c1-6(7(11)12)9-8(13)10(2)4-5-14-3/h6H,4-5H2,1-3H3,(H,9,13)(H,11,12). The third-order valence-corrected chi connectivity index (χ3v) is 2.28. The zero-order valence-corrected chi connectivity index (χ0v) is 9.43. The van der Waals surface area contributed by atoms with Crippen molar-refractivity contribution in [3.63, 3.8) is 0 Å². The number of nitrogens with zero attached hydrogens (tertiary/aromatic N) is 1. The molecule has 5 nitrogen and oxygen atoms in total. The van der Waals surface area contributed by atoms with Gasteiger partial charge in [-0.2, -0.15) is 11.8 Å². The Morgan fingerprint density at radius 3 is 2.57 bits per heavy atom. The van der Waals surface area contributed by atoms with Gasteiger partial charge in [0.2, 0.25) is 0 Å². The molecule has 0 bridgehead atoms. The van der Waals surface area contributed by atoms with Gasteiger partial charge in [0.05, 0.1) is 0 Å². The fourth-order valence-electron chi connectivity index (χ4n) is 0.687. The van der Waals surface area contributed by atoms with Gasteiger partial charge < -0.3 is 15.3 Å². The van der Waals surface area contributed by atoms with Crippen LogP contribution in [0, 0.1) is 0 Å². The molecule has 0 aliphatic carbocycles. The molecule has 0 heterocycles. The summed E-state index contributed by atoms with van der Waals surface area (Å²) in [5.74, 6) is -0.192. The smallest absolute Gasteiger partial charge is 0.325 e. The highest BCUT2D eigenvalue weighted by molar-refractivity contribution is 7.98. The lowest BCUT2D eigenvalue weighted by atomic mass is 10.3. The Balaban J connectivity index is 3.88. The van der Waals surface area contributed by atoms with Gasteiger partial charge in [-0.3, -0.25) is 4.79 Å². The van der Waals surface area contributed by atoms with E-state index in [-0.39, 0.29) is 6.03 Å². The predicted molar refractivity (Wildman–Crippen MR) is 56.6 cm³/mol. The summed E-state index contributed by atoms with van der Waals surface area (Å²) in [5.41, 5.74) is 0. The molecule has 6 heteroatoms. The number of carboxylic acid groups (broad SMARTS) is 1. The molecule has 0 saturated heterocycles. The molecule has 2 N–H and O–H groups in total. The van der Waals surface area contributed by atoms with Crippen molar-refractivity contribution in [2.24, 2.45) is 0 Å². The molecule has 1 atom stereocenters. The topological polar surface area (TPSA) is 69.6 Å². The number of amides is 2. The number of carbonyl (C=O) groups excluding carboxylic acids is 1. The number of hydrogen-bond donors (Lipinski definition) is 2. The number of urea groups is 1. The largest absolute Gasteiger partial charge is 0.480 e. The zero-order chi connectivity index (χ0) is 11.1. The minimum absolute atomic E-state index is 0.353. The first kappa shape index (κ1) is 13.1. The molecular weight excluding hydrogens is 204 g/mol. The lowest BCUT2D eigenvalue weighted by molar-refractivity contribution is -0.138. The van der Waals surface area contributed by atoms with Crippen LogP contribution in [-0.4, -0.2) is 53.6 Å². The quantitative estimate of drug-likeness (QED) is 0.706. The van der Waals surface area contributed by atoms with Gasteiger partial charge >= 0.3 is 12.0 Å². The van der Waals surface area contributed by atoms with Crippen molar-refractivity contribution >= 4 is 23.8 Å². The molecule has 1 unspecified atom stereocenters. The first-order chi connectivity index (χ1) is 6.49. The summed E-state index contributed by atoms with van der Waals surface area (Å²) in [6, 6.07) is -1.20. The van der Waals surface area contributed by atoms with Gasteiger partial charge in [-0.25, -0.2) is 4.79 Å². The molecule has 82 valence electrons. The molecule has 0 radical (unpaired) electrons. The van der Waals surface area contributed by atoms with Crippen LogP contribution in [0.15, 0.2) is 0 Å². The highest BCUT2D eigenvalue weighted by Gasteiger charge is 2.15. The number of carboxylic acids is 1. The Morgan fingerprint density at radius 1 is 1.57 bits per heavy atom. The van der Waals surface area contributed by atoms with E-state index in [9.17, 15) is 9.59 Å². The van der Waals surface area contributed by atoms with Crippen LogP contribution >= 0.6 is 11.8 Å². The van der Waals surface area contributed by atoms with E-state index in [4.69, 9.17) is 5.11 Å². The Labute approximate surface area is 87.8 Å². The van der Waals surface area contributed by atoms with Crippen LogP contribution < -0.4 is 5.32 Å². The van der Waals surface area contributed by atoms with Crippen molar-refractivity contribution in [2.75, 3.05) is 25.6 Å². The summed E-state index contributed by atoms with van der Waals surface area (Å²) in [5, 5.41) is 10.9. The summed E-state index contributed by atoms with van der Waals surface area (Å²) >= 11 is 1.63. The third kappa shape index (κ3) is 4.96. The van der Waals surface area contributed by atoms with E-state index in [0.29, 0.717) is 6.54 Å². The van der Waals surface area contributed by atoms with Gasteiger partial charge in [-0.1, -0.05) is 0 Å². The van der Waals surface area contributed by atoms with Crippen LogP contribution in [0.2, 0.25) is 0 Å². The second-order valence-electron chi connectivity index (χ2n) is 2.92. The van der Waals surface area contributed by atoms with E-state index in [0.717, 1.165) is 5.75 Å². The fourth-order valence-corrected chi connectivity index (χ4v) is 1.14. The van der Waals surface area contributed by atoms with Gasteiger partial charge in [-0.15, -0.1) is 0 Å². The maximum atomic E-state index is 11.3. The van der Waals surface area contributed by atoms with Gasteiger partial charge in [0.1, 0.15) is 6.04 Å². The molecule has 0 aromatic carbocycles. The van der Waals surface area contributed by atoms with Crippen LogP contribution in [0.3, 0.4) is 0 Å². The van der Waals surface area contributed by atoms with E-state index in [2.05, 4.69) is 5.32 Å². The zero-order valence-electron chi connectivity index (χ0n) is 8.61. The predicted octanol–water partition coefficient (Wildman–Crippen LogP) is 0.464. The average molecular weight is 220 g/mol. The number of nitrogens with one attached hydrogen (secondary N) is 1. The van der Waals surface area contributed by atoms with E-state index >= 15 is 0 Å². The highest BCUT2D eigenvalue weighted by Crippen LogP contribution is 1.94. The van der Waals surface area contributed by atoms with Crippen molar-refractivity contribution in [3.05, 3.63) is 0 Å². The lowest BCUT2D eigenvalue weighted by Gasteiger charge is -2.18. The minimum Gasteiger partial charge on any atom is -0.480 e. The lowest BCUT2D eigenvalue weighted by Crippen LogP contribution is -2.45. The number of thioether (sulfide) groups is 1. The molecule has 0 rings (SSSR count). The molecule has 0 aromatic heterocycles. The van der Waals surface area contributed by atoms with Gasteiger partial charge in [0.25, 0.3) is 0 Å². The summed E-state index contributed by atoms with van der Waals surface area (Å²) in [6.45, 7) is 2.04. The van der Waals surface area contributed by atoms with Crippen molar-refractivity contribution < 1.29 is 14.7 Å². The van der Waals surface area contributed by atoms with Gasteiger partial charge in [-0.05, 0) is 13.2 Å². The molecule has 0 aliphatic heterocycles. The van der Waals surface area contributed by atoms with Crippen LogP contribution in [-0.2, 0) is 4.79 Å². The normalized spacial score (nSPS) is 11.9. The summed E-state index contributed by atoms with van der Waals surface area (Å²) in [7, 11) is 1.64. The van der Waals surface area contributed by atoms with E-state index in [1.807, 2.05) is 6.26 Å². The number of rotatable bonds is 5. The van der Waals surface area contributed by atoms with Crippen molar-refractivity contribution in [1.82, 2.24) is 10.2 Å². The second-order valence-corrected chi connectivity index (χ2v) is 3.91. The molecule has 14 heavy (non-hydrogen) atoms. The molecule has 0 aromatic rings. The van der Waals surface area contributed by atoms with Crippen molar-refractivity contribution in [3.8, 4) is 0 Å². The van der Waals surface area contributed by atoms with Crippen LogP contribution in [0.25, 0.3) is 0 Å². The number of hydrogen-bond acceptors (Lipinski definition) is 3. The maximum absolute atomic E-state index is 11.3. The van der Waals surface area contributed by atoms with E-state index in [1.165, 1.54) is 11.8 Å². The summed E-state index contributed by atoms with van der Waals surface area (Å²) in [6.07, 6.45) is 1.95. The molecule has 0 aliphatic rings. The molecule has 0 saturated carbocycles. The first-order valence-electron chi connectivity index (χ1n) is 4.22. The van der Waals surface area contributed by atoms with Crippen LogP contribution in [0.1, 0.15) is 6.92 Å². The van der Waals surface area contributed by atoms with E-state index in [1.54, 1.807) is 18.8 Å². The Hall–Kier alpha value is -0.910. The Bertz CT molecular complexity index is 211. The SMILES string of the molecule is CSCCN(C)C(=O)NC(C)C(=O)O. The first-order valence-corrected chi connectivity index (χ1v) is 5.61. The van der Waals surface area contributed by atoms with Crippen molar-refractivity contribution in [1.29, 1.82) is 0 Å². The third-order valence-electron chi connectivity index (χ3n) is 1.69. The van der Waals surface area contributed by atoms with Gasteiger partial charge in [0.15, 0.2) is 0 Å². The van der Waals surface area contributed by atoms with Crippen LogP contribution in [0.5, 0.6) is 0 Å². The highest BCUT2D eigenvalue weighted by atomic mass is 32.2. The fraction of sp³-hybridized carbons (Fsp3) is 0.750. The van der Waals surface area contributed by atoms with E-state index < -0.39 is 12.0 Å². The molecular formula is C8H16N2O3S. The molecule has 0 spiro atoms. The summed E-state index contributed by atoms with van der Waals surface area (Å²) in [4.78, 5) is 23.2. The van der Waals surface area contributed by atoms with Gasteiger partial charge in [0, 0.05) is 19.3 Å². The Morgan fingerprint density at radius 2 is 2.14 bits per heavy atom. The Kier molecular flexibility index (Phi) is 6.11. The monoisotopic (exact) mass is 220 g/mol. The molecule has 2 amide bonds. The number of carbonyl (C=O) groups is 2.